The van der Waals surface area contributed by atoms with Gasteiger partial charge in [0, 0.05) is 12.1 Å². The first kappa shape index (κ1) is 16.7. The van der Waals surface area contributed by atoms with E-state index in [2.05, 4.69) is 5.32 Å². The summed E-state index contributed by atoms with van der Waals surface area (Å²) < 4.78 is 4.87. The maximum atomic E-state index is 11.8. The van der Waals surface area contributed by atoms with E-state index in [4.69, 9.17) is 9.84 Å². The van der Waals surface area contributed by atoms with Crippen molar-refractivity contribution >= 4 is 23.5 Å². The summed E-state index contributed by atoms with van der Waals surface area (Å²) in [6.07, 6.45) is -0.161. The Bertz CT molecular complexity index is 551. The summed E-state index contributed by atoms with van der Waals surface area (Å²) in [5, 5.41) is 11.6. The van der Waals surface area contributed by atoms with Crippen molar-refractivity contribution < 1.29 is 24.2 Å². The van der Waals surface area contributed by atoms with Crippen molar-refractivity contribution in [2.75, 3.05) is 11.9 Å². The molecular formula is C15H19NO5. The monoisotopic (exact) mass is 293 g/mol. The molecule has 1 aromatic rings. The number of hydrogen-bond acceptors (Lipinski definition) is 4. The van der Waals surface area contributed by atoms with E-state index in [1.807, 2.05) is 0 Å². The number of carbonyl (C=O) groups excluding carboxylic acids is 2. The summed E-state index contributed by atoms with van der Waals surface area (Å²) >= 11 is 0. The summed E-state index contributed by atoms with van der Waals surface area (Å²) in [6, 6.07) is 6.30. The molecule has 0 spiro atoms. The largest absolute Gasteiger partial charge is 0.481 e. The number of carboxylic acids is 1. The topological polar surface area (TPSA) is 92.7 Å². The van der Waals surface area contributed by atoms with E-state index in [-0.39, 0.29) is 13.0 Å². The number of aliphatic carboxylic acids is 1. The molecule has 0 bridgehead atoms. The summed E-state index contributed by atoms with van der Waals surface area (Å²) in [5.74, 6) is -1.94. The summed E-state index contributed by atoms with van der Waals surface area (Å²) in [6.45, 7) is 4.92. The lowest BCUT2D eigenvalue weighted by Crippen LogP contribution is -2.29. The van der Waals surface area contributed by atoms with Gasteiger partial charge in [0.25, 0.3) is 0 Å². The molecular weight excluding hydrogens is 274 g/mol. The lowest BCUT2D eigenvalue weighted by Gasteiger charge is -2.18. The van der Waals surface area contributed by atoms with Gasteiger partial charge in [0.15, 0.2) is 0 Å². The molecule has 0 unspecified atom stereocenters. The van der Waals surface area contributed by atoms with Crippen LogP contribution in [-0.4, -0.2) is 29.6 Å². The van der Waals surface area contributed by atoms with Gasteiger partial charge < -0.3 is 15.2 Å². The fourth-order valence-electron chi connectivity index (χ4n) is 1.62. The Hall–Kier alpha value is -2.37. The first-order chi connectivity index (χ1) is 9.76. The van der Waals surface area contributed by atoms with Crippen LogP contribution in [0.2, 0.25) is 0 Å². The van der Waals surface area contributed by atoms with Gasteiger partial charge >= 0.3 is 11.9 Å². The van der Waals surface area contributed by atoms with Gasteiger partial charge in [-0.25, -0.2) is 4.79 Å². The van der Waals surface area contributed by atoms with Gasteiger partial charge in [0.2, 0.25) is 5.91 Å². The fourth-order valence-corrected chi connectivity index (χ4v) is 1.62. The third-order valence-corrected chi connectivity index (χ3v) is 2.84. The SMILES string of the molecule is CCOC(=O)c1cccc(NC(=O)CC(C)(C)C(=O)O)c1. The van der Waals surface area contributed by atoms with Crippen molar-refractivity contribution in [3.05, 3.63) is 29.8 Å². The smallest absolute Gasteiger partial charge is 0.338 e. The van der Waals surface area contributed by atoms with Crippen LogP contribution in [-0.2, 0) is 14.3 Å². The third-order valence-electron chi connectivity index (χ3n) is 2.84. The molecule has 0 radical (unpaired) electrons. The Morgan fingerprint density at radius 2 is 1.95 bits per heavy atom. The number of rotatable bonds is 6. The number of esters is 1. The molecule has 6 heteroatoms. The number of carbonyl (C=O) groups is 3. The van der Waals surface area contributed by atoms with E-state index in [0.717, 1.165) is 0 Å². The predicted octanol–water partition coefficient (Wildman–Crippen LogP) is 2.30. The zero-order valence-corrected chi connectivity index (χ0v) is 12.3. The number of amides is 1. The lowest BCUT2D eigenvalue weighted by atomic mass is 9.89. The van der Waals surface area contributed by atoms with E-state index < -0.39 is 23.3 Å². The number of ether oxygens (including phenoxy) is 1. The normalized spacial score (nSPS) is 10.8. The van der Waals surface area contributed by atoms with Crippen LogP contribution in [0.3, 0.4) is 0 Å². The maximum Gasteiger partial charge on any atom is 0.338 e. The molecule has 0 aliphatic carbocycles. The average Bonchev–Trinajstić information content (AvgIpc) is 2.38. The molecule has 0 saturated heterocycles. The molecule has 0 aliphatic heterocycles. The van der Waals surface area contributed by atoms with Crippen molar-refractivity contribution in [1.29, 1.82) is 0 Å². The molecule has 21 heavy (non-hydrogen) atoms. The molecule has 1 aromatic carbocycles. The highest BCUT2D eigenvalue weighted by molar-refractivity contribution is 5.96. The first-order valence-corrected chi connectivity index (χ1v) is 6.56. The number of hydrogen-bond donors (Lipinski definition) is 2. The summed E-state index contributed by atoms with van der Waals surface area (Å²) in [7, 11) is 0. The molecule has 0 aromatic heterocycles. The van der Waals surface area contributed by atoms with Crippen LogP contribution >= 0.6 is 0 Å². The molecule has 114 valence electrons. The van der Waals surface area contributed by atoms with E-state index in [0.29, 0.717) is 11.3 Å². The second-order valence-electron chi connectivity index (χ2n) is 5.22. The van der Waals surface area contributed by atoms with Crippen molar-refractivity contribution in [2.45, 2.75) is 27.2 Å². The molecule has 6 nitrogen and oxygen atoms in total. The molecule has 0 fully saturated rings. The summed E-state index contributed by atoms with van der Waals surface area (Å²) in [5.41, 5.74) is -0.401. The summed E-state index contributed by atoms with van der Waals surface area (Å²) in [4.78, 5) is 34.4. The Morgan fingerprint density at radius 1 is 1.29 bits per heavy atom. The zero-order valence-electron chi connectivity index (χ0n) is 12.3. The second kappa shape index (κ2) is 6.88. The maximum absolute atomic E-state index is 11.8. The average molecular weight is 293 g/mol. The van der Waals surface area contributed by atoms with Gasteiger partial charge in [-0.3, -0.25) is 9.59 Å². The molecule has 1 rings (SSSR count). The van der Waals surface area contributed by atoms with Crippen LogP contribution in [0, 0.1) is 5.41 Å². The van der Waals surface area contributed by atoms with Gasteiger partial charge in [-0.05, 0) is 39.0 Å². The van der Waals surface area contributed by atoms with Crippen LogP contribution in [0.25, 0.3) is 0 Å². The highest BCUT2D eigenvalue weighted by atomic mass is 16.5. The van der Waals surface area contributed by atoms with Crippen molar-refractivity contribution in [1.82, 2.24) is 0 Å². The van der Waals surface area contributed by atoms with Crippen LogP contribution in [0.1, 0.15) is 37.6 Å². The van der Waals surface area contributed by atoms with Gasteiger partial charge in [-0.15, -0.1) is 0 Å². The highest BCUT2D eigenvalue weighted by Crippen LogP contribution is 2.21. The lowest BCUT2D eigenvalue weighted by molar-refractivity contribution is -0.148. The van der Waals surface area contributed by atoms with Crippen molar-refractivity contribution in [2.24, 2.45) is 5.41 Å². The Balaban J connectivity index is 2.75. The molecule has 2 N–H and O–H groups in total. The van der Waals surface area contributed by atoms with Crippen LogP contribution in [0.4, 0.5) is 5.69 Å². The van der Waals surface area contributed by atoms with E-state index in [9.17, 15) is 14.4 Å². The van der Waals surface area contributed by atoms with E-state index in [1.54, 1.807) is 25.1 Å². The molecule has 0 heterocycles. The van der Waals surface area contributed by atoms with Gasteiger partial charge in [0.05, 0.1) is 17.6 Å². The number of benzene rings is 1. The van der Waals surface area contributed by atoms with Gasteiger partial charge in [-0.2, -0.15) is 0 Å². The van der Waals surface area contributed by atoms with Crippen LogP contribution < -0.4 is 5.32 Å². The first-order valence-electron chi connectivity index (χ1n) is 6.56. The fraction of sp³-hybridized carbons (Fsp3) is 0.400. The molecule has 0 aliphatic rings. The van der Waals surface area contributed by atoms with Gasteiger partial charge in [0.1, 0.15) is 0 Å². The Kier molecular flexibility index (Phi) is 5.46. The number of nitrogens with one attached hydrogen (secondary N) is 1. The van der Waals surface area contributed by atoms with E-state index in [1.165, 1.54) is 19.9 Å². The van der Waals surface area contributed by atoms with Gasteiger partial charge in [-0.1, -0.05) is 6.07 Å². The standard InChI is InChI=1S/C15H19NO5/c1-4-21-13(18)10-6-5-7-11(8-10)16-12(17)9-15(2,3)14(19)20/h5-8H,4,9H2,1-3H3,(H,16,17)(H,19,20). The Morgan fingerprint density at radius 3 is 2.52 bits per heavy atom. The minimum absolute atomic E-state index is 0.161. The number of carboxylic acid groups (broad SMARTS) is 1. The minimum Gasteiger partial charge on any atom is -0.481 e. The highest BCUT2D eigenvalue weighted by Gasteiger charge is 2.30. The Labute approximate surface area is 123 Å². The predicted molar refractivity (Wildman–Crippen MR) is 77.1 cm³/mol. The number of anilines is 1. The zero-order chi connectivity index (χ0) is 16.0. The second-order valence-corrected chi connectivity index (χ2v) is 5.22. The minimum atomic E-state index is -1.15. The van der Waals surface area contributed by atoms with Crippen LogP contribution in [0.5, 0.6) is 0 Å². The third kappa shape index (κ3) is 4.91. The molecule has 1 amide bonds. The molecule has 0 saturated carbocycles. The van der Waals surface area contributed by atoms with E-state index >= 15 is 0 Å². The van der Waals surface area contributed by atoms with Crippen molar-refractivity contribution in [3.8, 4) is 0 Å². The van der Waals surface area contributed by atoms with Crippen molar-refractivity contribution in [3.63, 3.8) is 0 Å². The molecule has 0 atom stereocenters. The van der Waals surface area contributed by atoms with Crippen LogP contribution in [0.15, 0.2) is 24.3 Å². The quantitative estimate of drug-likeness (QED) is 0.785.